The van der Waals surface area contributed by atoms with Gasteiger partial charge in [0, 0.05) is 18.3 Å². The van der Waals surface area contributed by atoms with Crippen LogP contribution >= 0.6 is 11.6 Å². The van der Waals surface area contributed by atoms with E-state index >= 15 is 0 Å². The molecule has 1 aromatic rings. The highest BCUT2D eigenvalue weighted by atomic mass is 35.5. The molecule has 0 saturated heterocycles. The summed E-state index contributed by atoms with van der Waals surface area (Å²) in [5, 5.41) is 13.4. The minimum atomic E-state index is -1.06. The summed E-state index contributed by atoms with van der Waals surface area (Å²) in [6.07, 6.45) is 1.45. The number of nitrogens with zero attached hydrogens (tertiary/aromatic N) is 1. The molecule has 0 bridgehead atoms. The van der Waals surface area contributed by atoms with Gasteiger partial charge in [-0.15, -0.1) is 0 Å². The first-order valence-corrected chi connectivity index (χ1v) is 4.63. The molecule has 0 amide bonds. The molecular weight excluding hydrogens is 202 g/mol. The molecule has 78 valence electrons. The predicted octanol–water partition coefficient (Wildman–Crippen LogP) is 0.744. The summed E-state index contributed by atoms with van der Waals surface area (Å²) in [5.74, 6) is 0.301. The molecule has 5 heteroatoms. The SMILES string of the molecule is CNCC(C)(O)c1cc(Cl)cnc1N. The highest BCUT2D eigenvalue weighted by Gasteiger charge is 2.25. The summed E-state index contributed by atoms with van der Waals surface area (Å²) < 4.78 is 0. The van der Waals surface area contributed by atoms with Crippen LogP contribution in [-0.2, 0) is 5.60 Å². The lowest BCUT2D eigenvalue weighted by atomic mass is 9.97. The van der Waals surface area contributed by atoms with E-state index in [0.29, 0.717) is 22.9 Å². The zero-order chi connectivity index (χ0) is 10.8. The maximum Gasteiger partial charge on any atom is 0.129 e. The van der Waals surface area contributed by atoms with Gasteiger partial charge < -0.3 is 16.2 Å². The fourth-order valence-electron chi connectivity index (χ4n) is 1.32. The van der Waals surface area contributed by atoms with Crippen molar-refractivity contribution in [2.24, 2.45) is 0 Å². The van der Waals surface area contributed by atoms with Crippen LogP contribution in [0.15, 0.2) is 12.3 Å². The Kier molecular flexibility index (Phi) is 3.31. The highest BCUT2D eigenvalue weighted by molar-refractivity contribution is 6.30. The van der Waals surface area contributed by atoms with Crippen LogP contribution in [0.3, 0.4) is 0 Å². The minimum Gasteiger partial charge on any atom is -0.384 e. The molecular formula is C9H14ClN3O. The van der Waals surface area contributed by atoms with Gasteiger partial charge in [-0.1, -0.05) is 11.6 Å². The van der Waals surface area contributed by atoms with Gasteiger partial charge in [0.05, 0.1) is 5.02 Å². The van der Waals surface area contributed by atoms with Crippen LogP contribution in [0, 0.1) is 0 Å². The van der Waals surface area contributed by atoms with Gasteiger partial charge in [0.2, 0.25) is 0 Å². The van der Waals surface area contributed by atoms with Gasteiger partial charge in [0.25, 0.3) is 0 Å². The van der Waals surface area contributed by atoms with Crippen molar-refractivity contribution in [2.45, 2.75) is 12.5 Å². The van der Waals surface area contributed by atoms with Crippen molar-refractivity contribution in [3.8, 4) is 0 Å². The molecule has 1 unspecified atom stereocenters. The lowest BCUT2D eigenvalue weighted by Crippen LogP contribution is -2.34. The van der Waals surface area contributed by atoms with Gasteiger partial charge in [-0.05, 0) is 20.0 Å². The largest absolute Gasteiger partial charge is 0.384 e. The average Bonchev–Trinajstić information content (AvgIpc) is 2.09. The number of halogens is 1. The van der Waals surface area contributed by atoms with Gasteiger partial charge in [-0.2, -0.15) is 0 Å². The maximum absolute atomic E-state index is 10.0. The molecule has 0 aliphatic heterocycles. The Hall–Kier alpha value is -0.840. The molecule has 0 aliphatic rings. The molecule has 1 rings (SSSR count). The first-order valence-electron chi connectivity index (χ1n) is 4.26. The quantitative estimate of drug-likeness (QED) is 0.696. The van der Waals surface area contributed by atoms with Crippen LogP contribution in [0.1, 0.15) is 12.5 Å². The van der Waals surface area contributed by atoms with Crippen molar-refractivity contribution >= 4 is 17.4 Å². The van der Waals surface area contributed by atoms with E-state index in [-0.39, 0.29) is 0 Å². The van der Waals surface area contributed by atoms with E-state index in [9.17, 15) is 5.11 Å². The number of hydrogen-bond acceptors (Lipinski definition) is 4. The Balaban J connectivity index is 3.10. The van der Waals surface area contributed by atoms with Gasteiger partial charge in [-0.25, -0.2) is 4.98 Å². The fraction of sp³-hybridized carbons (Fsp3) is 0.444. The number of aromatic nitrogens is 1. The van der Waals surface area contributed by atoms with Gasteiger partial charge in [-0.3, -0.25) is 0 Å². The summed E-state index contributed by atoms with van der Waals surface area (Å²) in [6, 6.07) is 1.63. The topological polar surface area (TPSA) is 71.2 Å². The van der Waals surface area contributed by atoms with E-state index in [4.69, 9.17) is 17.3 Å². The van der Waals surface area contributed by atoms with Gasteiger partial charge in [0.1, 0.15) is 11.4 Å². The molecule has 1 atom stereocenters. The lowest BCUT2D eigenvalue weighted by molar-refractivity contribution is 0.0597. The smallest absolute Gasteiger partial charge is 0.129 e. The van der Waals surface area contributed by atoms with Gasteiger partial charge in [0.15, 0.2) is 0 Å². The van der Waals surface area contributed by atoms with Crippen molar-refractivity contribution in [3.63, 3.8) is 0 Å². The number of aliphatic hydroxyl groups is 1. The van der Waals surface area contributed by atoms with Crippen LogP contribution in [0.4, 0.5) is 5.82 Å². The normalized spacial score (nSPS) is 15.1. The third-order valence-corrected chi connectivity index (χ3v) is 2.19. The van der Waals surface area contributed by atoms with E-state index in [1.165, 1.54) is 6.20 Å². The molecule has 0 aliphatic carbocycles. The van der Waals surface area contributed by atoms with Gasteiger partial charge >= 0.3 is 0 Å². The zero-order valence-electron chi connectivity index (χ0n) is 8.21. The monoisotopic (exact) mass is 215 g/mol. The molecule has 4 N–H and O–H groups in total. The zero-order valence-corrected chi connectivity index (χ0v) is 8.97. The van der Waals surface area contributed by atoms with E-state index < -0.39 is 5.60 Å². The van der Waals surface area contributed by atoms with Crippen molar-refractivity contribution in [3.05, 3.63) is 22.8 Å². The highest BCUT2D eigenvalue weighted by Crippen LogP contribution is 2.26. The van der Waals surface area contributed by atoms with Crippen LogP contribution in [0.5, 0.6) is 0 Å². The Labute approximate surface area is 88.1 Å². The summed E-state index contributed by atoms with van der Waals surface area (Å²) in [4.78, 5) is 3.89. The number of nitrogens with two attached hydrogens (primary N) is 1. The lowest BCUT2D eigenvalue weighted by Gasteiger charge is -2.24. The van der Waals surface area contributed by atoms with Crippen LogP contribution in [-0.4, -0.2) is 23.7 Å². The van der Waals surface area contributed by atoms with Crippen LogP contribution in [0.25, 0.3) is 0 Å². The molecule has 0 saturated carbocycles. The van der Waals surface area contributed by atoms with Crippen molar-refractivity contribution in [1.82, 2.24) is 10.3 Å². The molecule has 0 radical (unpaired) electrons. The predicted molar refractivity (Wildman–Crippen MR) is 57.2 cm³/mol. The first-order chi connectivity index (χ1) is 6.47. The van der Waals surface area contributed by atoms with E-state index in [2.05, 4.69) is 10.3 Å². The van der Waals surface area contributed by atoms with Crippen molar-refractivity contribution < 1.29 is 5.11 Å². The molecule has 0 fully saturated rings. The number of nitrogen functional groups attached to an aromatic ring is 1. The molecule has 0 aromatic carbocycles. The Morgan fingerprint density at radius 1 is 1.71 bits per heavy atom. The third-order valence-electron chi connectivity index (χ3n) is 1.99. The number of pyridine rings is 1. The number of nitrogens with one attached hydrogen (secondary N) is 1. The molecule has 1 aromatic heterocycles. The second-order valence-corrected chi connectivity index (χ2v) is 3.83. The Morgan fingerprint density at radius 3 is 2.93 bits per heavy atom. The second-order valence-electron chi connectivity index (χ2n) is 3.39. The number of rotatable bonds is 3. The van der Waals surface area contributed by atoms with Crippen molar-refractivity contribution in [2.75, 3.05) is 19.3 Å². The molecule has 1 heterocycles. The Bertz CT molecular complexity index is 328. The summed E-state index contributed by atoms with van der Waals surface area (Å²) in [6.45, 7) is 2.05. The van der Waals surface area contributed by atoms with E-state index in [1.54, 1.807) is 20.0 Å². The number of likely N-dealkylation sites (N-methyl/N-ethyl adjacent to an activating group) is 1. The minimum absolute atomic E-state index is 0.301. The summed E-state index contributed by atoms with van der Waals surface area (Å²) in [7, 11) is 1.75. The van der Waals surface area contributed by atoms with E-state index in [0.717, 1.165) is 0 Å². The van der Waals surface area contributed by atoms with E-state index in [1.807, 2.05) is 0 Å². The molecule has 4 nitrogen and oxygen atoms in total. The standard InChI is InChI=1S/C9H14ClN3O/c1-9(14,5-12-2)7-3-6(10)4-13-8(7)11/h3-4,12,14H,5H2,1-2H3,(H2,11,13). The van der Waals surface area contributed by atoms with Crippen LogP contribution in [0.2, 0.25) is 5.02 Å². The fourth-order valence-corrected chi connectivity index (χ4v) is 1.48. The number of anilines is 1. The molecule has 14 heavy (non-hydrogen) atoms. The summed E-state index contributed by atoms with van der Waals surface area (Å²) >= 11 is 5.77. The number of hydrogen-bond donors (Lipinski definition) is 3. The summed E-state index contributed by atoms with van der Waals surface area (Å²) in [5.41, 5.74) is 5.13. The second kappa shape index (κ2) is 4.13. The third kappa shape index (κ3) is 2.35. The average molecular weight is 216 g/mol. The van der Waals surface area contributed by atoms with Crippen molar-refractivity contribution in [1.29, 1.82) is 0 Å². The van der Waals surface area contributed by atoms with Crippen LogP contribution < -0.4 is 11.1 Å². The Morgan fingerprint density at radius 2 is 2.36 bits per heavy atom. The maximum atomic E-state index is 10.0. The molecule has 0 spiro atoms. The first kappa shape index (κ1) is 11.2.